The van der Waals surface area contributed by atoms with Gasteiger partial charge in [0.25, 0.3) is 6.43 Å². The Kier molecular flexibility index (Phi) is 5.67. The predicted molar refractivity (Wildman–Crippen MR) is 87.2 cm³/mol. The molecule has 0 saturated carbocycles. The monoisotopic (exact) mass is 321 g/mol. The Labute approximate surface area is 134 Å². The first kappa shape index (κ1) is 16.9. The van der Waals surface area contributed by atoms with E-state index >= 15 is 0 Å². The van der Waals surface area contributed by atoms with Crippen LogP contribution in [0.5, 0.6) is 0 Å². The van der Waals surface area contributed by atoms with Crippen LogP contribution in [0, 0.1) is 13.8 Å². The van der Waals surface area contributed by atoms with Crippen LogP contribution in [0.3, 0.4) is 0 Å². The van der Waals surface area contributed by atoms with Crippen LogP contribution in [0.1, 0.15) is 17.0 Å². The molecular weight excluding hydrogens is 300 g/mol. The first-order valence-electron chi connectivity index (χ1n) is 7.35. The van der Waals surface area contributed by atoms with E-state index in [9.17, 15) is 8.78 Å². The molecule has 0 unspecified atom stereocenters. The van der Waals surface area contributed by atoms with E-state index in [-0.39, 0.29) is 0 Å². The third kappa shape index (κ3) is 4.51. The van der Waals surface area contributed by atoms with Crippen molar-refractivity contribution in [2.24, 2.45) is 4.99 Å². The molecule has 2 aromatic rings. The average Bonchev–Trinajstić information content (AvgIpc) is 2.86. The number of hydrogen-bond donors (Lipinski definition) is 2. The minimum absolute atomic E-state index is 0.341. The molecule has 0 aliphatic carbocycles. The number of benzene rings is 1. The van der Waals surface area contributed by atoms with Gasteiger partial charge in [0.1, 0.15) is 0 Å². The van der Waals surface area contributed by atoms with Gasteiger partial charge in [0.15, 0.2) is 5.96 Å². The summed E-state index contributed by atoms with van der Waals surface area (Å²) in [7, 11) is 1.55. The lowest BCUT2D eigenvalue weighted by Crippen LogP contribution is -2.39. The van der Waals surface area contributed by atoms with Crippen LogP contribution in [-0.2, 0) is 6.54 Å². The third-order valence-corrected chi connectivity index (χ3v) is 3.32. The van der Waals surface area contributed by atoms with Gasteiger partial charge in [-0.15, -0.1) is 0 Å². The number of para-hydroxylation sites is 1. The smallest absolute Gasteiger partial charge is 0.255 e. The number of alkyl halides is 2. The topological polar surface area (TPSA) is 54.2 Å². The maximum atomic E-state index is 12.3. The Morgan fingerprint density at radius 3 is 2.61 bits per heavy atom. The molecule has 2 N–H and O–H groups in total. The first-order valence-corrected chi connectivity index (χ1v) is 7.35. The Balaban J connectivity index is 2.13. The molecule has 5 nitrogen and oxygen atoms in total. The Bertz CT molecular complexity index is 679. The fraction of sp³-hybridized carbons (Fsp3) is 0.375. The van der Waals surface area contributed by atoms with Crippen molar-refractivity contribution in [3.05, 3.63) is 47.3 Å². The Hall–Kier alpha value is -2.44. The zero-order valence-corrected chi connectivity index (χ0v) is 13.5. The van der Waals surface area contributed by atoms with Gasteiger partial charge in [-0.2, -0.15) is 5.10 Å². The second-order valence-electron chi connectivity index (χ2n) is 5.17. The summed E-state index contributed by atoms with van der Waals surface area (Å²) in [5, 5.41) is 10.1. The normalized spacial score (nSPS) is 11.8. The molecule has 2 rings (SSSR count). The number of rotatable bonds is 5. The summed E-state index contributed by atoms with van der Waals surface area (Å²) in [4.78, 5) is 3.94. The molecule has 1 aromatic carbocycles. The summed E-state index contributed by atoms with van der Waals surface area (Å²) in [6.45, 7) is 3.96. The molecule has 0 amide bonds. The highest BCUT2D eigenvalue weighted by Crippen LogP contribution is 2.16. The van der Waals surface area contributed by atoms with Crippen molar-refractivity contribution in [3.63, 3.8) is 0 Å². The van der Waals surface area contributed by atoms with E-state index in [0.717, 1.165) is 22.6 Å². The van der Waals surface area contributed by atoms with Crippen LogP contribution < -0.4 is 10.6 Å². The van der Waals surface area contributed by atoms with Gasteiger partial charge in [0.2, 0.25) is 0 Å². The van der Waals surface area contributed by atoms with Crippen molar-refractivity contribution in [1.29, 1.82) is 0 Å². The minimum Gasteiger partial charge on any atom is -0.352 e. The number of nitrogens with one attached hydrogen (secondary N) is 2. The van der Waals surface area contributed by atoms with Gasteiger partial charge in [-0.1, -0.05) is 18.2 Å². The molecule has 0 spiro atoms. The largest absolute Gasteiger partial charge is 0.352 e. The second-order valence-corrected chi connectivity index (χ2v) is 5.17. The highest BCUT2D eigenvalue weighted by molar-refractivity contribution is 5.79. The van der Waals surface area contributed by atoms with E-state index in [0.29, 0.717) is 12.5 Å². The van der Waals surface area contributed by atoms with Gasteiger partial charge < -0.3 is 10.6 Å². The minimum atomic E-state index is -2.42. The molecule has 124 valence electrons. The zero-order chi connectivity index (χ0) is 16.8. The van der Waals surface area contributed by atoms with Gasteiger partial charge in [0.05, 0.1) is 17.9 Å². The molecule has 1 heterocycles. The van der Waals surface area contributed by atoms with Crippen LogP contribution >= 0.6 is 0 Å². The van der Waals surface area contributed by atoms with Crippen LogP contribution in [0.4, 0.5) is 8.78 Å². The summed E-state index contributed by atoms with van der Waals surface area (Å²) < 4.78 is 26.4. The van der Waals surface area contributed by atoms with Gasteiger partial charge >= 0.3 is 0 Å². The van der Waals surface area contributed by atoms with Crippen LogP contribution in [0.15, 0.2) is 35.3 Å². The van der Waals surface area contributed by atoms with Gasteiger partial charge in [-0.05, 0) is 31.5 Å². The lowest BCUT2D eigenvalue weighted by molar-refractivity contribution is 0.152. The van der Waals surface area contributed by atoms with Crippen molar-refractivity contribution in [2.75, 3.05) is 13.6 Å². The number of aryl methyl sites for hydroxylation is 2. The van der Waals surface area contributed by atoms with Gasteiger partial charge in [-0.25, -0.2) is 13.5 Å². The van der Waals surface area contributed by atoms with Crippen molar-refractivity contribution in [3.8, 4) is 5.69 Å². The van der Waals surface area contributed by atoms with Crippen LogP contribution in [0.2, 0.25) is 0 Å². The molecule has 0 saturated heterocycles. The van der Waals surface area contributed by atoms with Crippen LogP contribution in [0.25, 0.3) is 5.69 Å². The third-order valence-electron chi connectivity index (χ3n) is 3.32. The quantitative estimate of drug-likeness (QED) is 0.657. The lowest BCUT2D eigenvalue weighted by Gasteiger charge is -2.14. The van der Waals surface area contributed by atoms with E-state index in [1.807, 2.05) is 48.9 Å². The summed E-state index contributed by atoms with van der Waals surface area (Å²) >= 11 is 0. The van der Waals surface area contributed by atoms with E-state index in [4.69, 9.17) is 0 Å². The molecule has 23 heavy (non-hydrogen) atoms. The molecule has 0 bridgehead atoms. The van der Waals surface area contributed by atoms with Gasteiger partial charge in [0, 0.05) is 19.3 Å². The fourth-order valence-electron chi connectivity index (χ4n) is 2.31. The standard InChI is InChI=1S/C16H21F2N5/c1-11-8-12(2)23(22-11)14-7-5-4-6-13(14)9-20-16(19-3)21-10-15(17)18/h4-8,15H,9-10H2,1-3H3,(H2,19,20,21). The van der Waals surface area contributed by atoms with Crippen molar-refractivity contribution >= 4 is 5.96 Å². The molecule has 0 radical (unpaired) electrons. The summed E-state index contributed by atoms with van der Waals surface area (Å²) in [5.41, 5.74) is 3.93. The molecular formula is C16H21F2N5. The van der Waals surface area contributed by atoms with Gasteiger partial charge in [-0.3, -0.25) is 4.99 Å². The number of aliphatic imine (C=N–C) groups is 1. The number of hydrogen-bond acceptors (Lipinski definition) is 2. The number of nitrogens with zero attached hydrogens (tertiary/aromatic N) is 3. The number of halogens is 2. The van der Waals surface area contributed by atoms with Crippen molar-refractivity contribution in [2.45, 2.75) is 26.8 Å². The SMILES string of the molecule is CN=C(NCc1ccccc1-n1nc(C)cc1C)NCC(F)F. The molecule has 0 fully saturated rings. The highest BCUT2D eigenvalue weighted by atomic mass is 19.3. The highest BCUT2D eigenvalue weighted by Gasteiger charge is 2.09. The maximum absolute atomic E-state index is 12.3. The molecule has 0 aliphatic heterocycles. The van der Waals surface area contributed by atoms with E-state index < -0.39 is 13.0 Å². The predicted octanol–water partition coefficient (Wildman–Crippen LogP) is 2.42. The zero-order valence-electron chi connectivity index (χ0n) is 13.5. The maximum Gasteiger partial charge on any atom is 0.255 e. The summed E-state index contributed by atoms with van der Waals surface area (Å²) in [5.74, 6) is 0.341. The van der Waals surface area contributed by atoms with E-state index in [1.54, 1.807) is 7.05 Å². The Morgan fingerprint density at radius 2 is 2.00 bits per heavy atom. The molecule has 0 atom stereocenters. The second kappa shape index (κ2) is 7.71. The lowest BCUT2D eigenvalue weighted by atomic mass is 10.1. The Morgan fingerprint density at radius 1 is 1.26 bits per heavy atom. The first-order chi connectivity index (χ1) is 11.0. The summed E-state index contributed by atoms with van der Waals surface area (Å²) in [6.07, 6.45) is -2.42. The molecule has 7 heteroatoms. The van der Waals surface area contributed by atoms with Crippen molar-refractivity contribution < 1.29 is 8.78 Å². The number of guanidine groups is 1. The molecule has 1 aromatic heterocycles. The average molecular weight is 321 g/mol. The van der Waals surface area contributed by atoms with Crippen molar-refractivity contribution in [1.82, 2.24) is 20.4 Å². The summed E-state index contributed by atoms with van der Waals surface area (Å²) in [6, 6.07) is 9.83. The van der Waals surface area contributed by atoms with E-state index in [2.05, 4.69) is 20.7 Å². The number of aromatic nitrogens is 2. The fourth-order valence-corrected chi connectivity index (χ4v) is 2.31. The van der Waals surface area contributed by atoms with E-state index in [1.165, 1.54) is 0 Å². The molecule has 0 aliphatic rings. The van der Waals surface area contributed by atoms with Crippen LogP contribution in [-0.4, -0.2) is 35.8 Å².